The lowest BCUT2D eigenvalue weighted by Gasteiger charge is -2.46. The monoisotopic (exact) mass is 314 g/mol. The molecule has 1 aromatic rings. The molecule has 3 aliphatic rings. The average Bonchev–Trinajstić information content (AvgIpc) is 3.13. The van der Waals surface area contributed by atoms with Gasteiger partial charge in [0.15, 0.2) is 5.79 Å². The van der Waals surface area contributed by atoms with Crippen molar-refractivity contribution in [2.75, 3.05) is 13.2 Å². The maximum atomic E-state index is 9.63. The number of benzene rings is 1. The standard InChI is InChI=1S/C20H26O3/c1-19-10-3-5-16(8-7-15-4-2-6-17(21)14-15)18(19)9-11-20(19)22-12-13-23-20/h2-6,14,16,18,21H,7-13H2,1H3/t16-,18-,19-/m0/s1. The van der Waals surface area contributed by atoms with Crippen LogP contribution in [0, 0.1) is 17.3 Å². The Balaban J connectivity index is 1.50. The molecule has 1 heterocycles. The lowest BCUT2D eigenvalue weighted by molar-refractivity contribution is -0.227. The summed E-state index contributed by atoms with van der Waals surface area (Å²) in [6.45, 7) is 3.83. The lowest BCUT2D eigenvalue weighted by atomic mass is 9.64. The van der Waals surface area contributed by atoms with Gasteiger partial charge in [-0.15, -0.1) is 0 Å². The fourth-order valence-electron chi connectivity index (χ4n) is 5.12. The molecule has 3 nitrogen and oxygen atoms in total. The minimum atomic E-state index is -0.342. The van der Waals surface area contributed by atoms with Gasteiger partial charge >= 0.3 is 0 Å². The number of aryl methyl sites for hydroxylation is 1. The summed E-state index contributed by atoms with van der Waals surface area (Å²) in [5.74, 6) is 1.22. The number of aromatic hydroxyl groups is 1. The number of ether oxygens (including phenoxy) is 2. The van der Waals surface area contributed by atoms with E-state index in [2.05, 4.69) is 25.1 Å². The maximum Gasteiger partial charge on any atom is 0.174 e. The van der Waals surface area contributed by atoms with Crippen molar-refractivity contribution in [3.05, 3.63) is 42.0 Å². The van der Waals surface area contributed by atoms with Crippen LogP contribution in [-0.2, 0) is 15.9 Å². The normalized spacial score (nSPS) is 34.8. The van der Waals surface area contributed by atoms with E-state index in [1.54, 1.807) is 6.07 Å². The van der Waals surface area contributed by atoms with Crippen LogP contribution >= 0.6 is 0 Å². The van der Waals surface area contributed by atoms with Crippen LogP contribution in [-0.4, -0.2) is 24.1 Å². The second-order valence-electron chi connectivity index (χ2n) is 7.52. The quantitative estimate of drug-likeness (QED) is 0.855. The molecule has 1 aromatic carbocycles. The molecule has 3 atom stereocenters. The molecule has 23 heavy (non-hydrogen) atoms. The molecular formula is C20H26O3. The van der Waals surface area contributed by atoms with Crippen molar-refractivity contribution < 1.29 is 14.6 Å². The predicted molar refractivity (Wildman–Crippen MR) is 89.1 cm³/mol. The summed E-state index contributed by atoms with van der Waals surface area (Å²) in [5.41, 5.74) is 1.31. The largest absolute Gasteiger partial charge is 0.508 e. The Morgan fingerprint density at radius 1 is 1.26 bits per heavy atom. The first-order chi connectivity index (χ1) is 11.1. The molecule has 2 fully saturated rings. The van der Waals surface area contributed by atoms with Crippen LogP contribution in [0.3, 0.4) is 0 Å². The molecule has 0 amide bonds. The molecule has 1 spiro atoms. The van der Waals surface area contributed by atoms with Crippen molar-refractivity contribution in [1.82, 2.24) is 0 Å². The fraction of sp³-hybridized carbons (Fsp3) is 0.600. The summed E-state index contributed by atoms with van der Waals surface area (Å²) in [5, 5.41) is 9.63. The first-order valence-corrected chi connectivity index (χ1v) is 8.85. The SMILES string of the molecule is C[C@]12CC=C[C@@H](CCc3cccc(O)c3)[C@@H]1CCC21OCCO1. The zero-order chi connectivity index (χ0) is 15.9. The van der Waals surface area contributed by atoms with E-state index in [0.717, 1.165) is 38.9 Å². The van der Waals surface area contributed by atoms with Crippen molar-refractivity contribution in [2.45, 2.75) is 44.8 Å². The van der Waals surface area contributed by atoms with E-state index in [1.165, 1.54) is 12.0 Å². The maximum absolute atomic E-state index is 9.63. The van der Waals surface area contributed by atoms with Crippen molar-refractivity contribution in [1.29, 1.82) is 0 Å². The topological polar surface area (TPSA) is 38.7 Å². The van der Waals surface area contributed by atoms with Crippen LogP contribution in [0.25, 0.3) is 0 Å². The summed E-state index contributed by atoms with van der Waals surface area (Å²) in [7, 11) is 0. The highest BCUT2D eigenvalue weighted by molar-refractivity contribution is 5.27. The Morgan fingerprint density at radius 3 is 2.87 bits per heavy atom. The molecule has 1 N–H and O–H groups in total. The van der Waals surface area contributed by atoms with Gasteiger partial charge in [0.1, 0.15) is 5.75 Å². The Hall–Kier alpha value is -1.32. The third kappa shape index (κ3) is 2.41. The third-order valence-electron chi connectivity index (χ3n) is 6.35. The number of phenolic OH excluding ortho intramolecular Hbond substituents is 1. The molecule has 124 valence electrons. The first kappa shape index (κ1) is 15.2. The van der Waals surface area contributed by atoms with Crippen molar-refractivity contribution >= 4 is 0 Å². The molecule has 3 heteroatoms. The van der Waals surface area contributed by atoms with E-state index in [4.69, 9.17) is 9.47 Å². The van der Waals surface area contributed by atoms with Gasteiger partial charge < -0.3 is 14.6 Å². The van der Waals surface area contributed by atoms with E-state index in [1.807, 2.05) is 12.1 Å². The van der Waals surface area contributed by atoms with Gasteiger partial charge in [0.2, 0.25) is 0 Å². The van der Waals surface area contributed by atoms with Crippen LogP contribution in [0.5, 0.6) is 5.75 Å². The van der Waals surface area contributed by atoms with E-state index in [-0.39, 0.29) is 11.2 Å². The Bertz CT molecular complexity index is 603. The molecule has 1 saturated carbocycles. The van der Waals surface area contributed by atoms with Gasteiger partial charge in [-0.05, 0) is 55.2 Å². The van der Waals surface area contributed by atoms with Crippen LogP contribution in [0.1, 0.15) is 38.2 Å². The van der Waals surface area contributed by atoms with Gasteiger partial charge in [0.25, 0.3) is 0 Å². The lowest BCUT2D eigenvalue weighted by Crippen LogP contribution is -2.48. The zero-order valence-electron chi connectivity index (χ0n) is 13.8. The minimum absolute atomic E-state index is 0.0990. The third-order valence-corrected chi connectivity index (χ3v) is 6.35. The fourth-order valence-corrected chi connectivity index (χ4v) is 5.12. The van der Waals surface area contributed by atoms with Crippen LogP contribution in [0.15, 0.2) is 36.4 Å². The molecule has 0 bridgehead atoms. The minimum Gasteiger partial charge on any atom is -0.508 e. The highest BCUT2D eigenvalue weighted by atomic mass is 16.7. The molecule has 4 rings (SSSR count). The van der Waals surface area contributed by atoms with E-state index >= 15 is 0 Å². The van der Waals surface area contributed by atoms with E-state index in [0.29, 0.717) is 17.6 Å². The zero-order valence-corrected chi connectivity index (χ0v) is 13.8. The van der Waals surface area contributed by atoms with Gasteiger partial charge in [-0.1, -0.05) is 31.2 Å². The summed E-state index contributed by atoms with van der Waals surface area (Å²) >= 11 is 0. The summed E-state index contributed by atoms with van der Waals surface area (Å²) < 4.78 is 12.2. The Morgan fingerprint density at radius 2 is 2.09 bits per heavy atom. The van der Waals surface area contributed by atoms with E-state index < -0.39 is 0 Å². The second-order valence-corrected chi connectivity index (χ2v) is 7.52. The number of fused-ring (bicyclic) bond motifs is 2. The molecular weight excluding hydrogens is 288 g/mol. The molecule has 0 aromatic heterocycles. The smallest absolute Gasteiger partial charge is 0.174 e. The number of rotatable bonds is 3. The molecule has 2 aliphatic carbocycles. The first-order valence-electron chi connectivity index (χ1n) is 8.85. The Labute approximate surface area is 138 Å². The average molecular weight is 314 g/mol. The molecule has 1 aliphatic heterocycles. The van der Waals surface area contributed by atoms with Gasteiger partial charge in [-0.25, -0.2) is 0 Å². The van der Waals surface area contributed by atoms with Crippen LogP contribution < -0.4 is 0 Å². The number of hydrogen-bond acceptors (Lipinski definition) is 3. The number of hydrogen-bond donors (Lipinski definition) is 1. The van der Waals surface area contributed by atoms with Crippen molar-refractivity contribution in [2.24, 2.45) is 17.3 Å². The highest BCUT2D eigenvalue weighted by Crippen LogP contribution is 2.61. The Kier molecular flexibility index (Phi) is 3.73. The van der Waals surface area contributed by atoms with Crippen molar-refractivity contribution in [3.8, 4) is 5.75 Å². The van der Waals surface area contributed by atoms with Gasteiger partial charge in [-0.3, -0.25) is 0 Å². The van der Waals surface area contributed by atoms with Crippen LogP contribution in [0.4, 0.5) is 0 Å². The summed E-state index contributed by atoms with van der Waals surface area (Å²) in [4.78, 5) is 0. The van der Waals surface area contributed by atoms with Crippen molar-refractivity contribution in [3.63, 3.8) is 0 Å². The number of phenols is 1. The number of allylic oxidation sites excluding steroid dienone is 2. The van der Waals surface area contributed by atoms with Crippen LogP contribution in [0.2, 0.25) is 0 Å². The highest BCUT2D eigenvalue weighted by Gasteiger charge is 2.62. The summed E-state index contributed by atoms with van der Waals surface area (Å²) in [6.07, 6.45) is 10.1. The molecule has 1 saturated heterocycles. The molecule has 0 radical (unpaired) electrons. The predicted octanol–water partition coefficient (Wildman–Crippen LogP) is 4.06. The van der Waals surface area contributed by atoms with Gasteiger partial charge in [0.05, 0.1) is 13.2 Å². The van der Waals surface area contributed by atoms with E-state index in [9.17, 15) is 5.11 Å². The van der Waals surface area contributed by atoms with Gasteiger partial charge in [0, 0.05) is 11.8 Å². The second kappa shape index (κ2) is 5.64. The molecule has 0 unspecified atom stereocenters. The van der Waals surface area contributed by atoms with Gasteiger partial charge in [-0.2, -0.15) is 0 Å². The summed E-state index contributed by atoms with van der Waals surface area (Å²) in [6, 6.07) is 7.64.